The molecule has 1 saturated carbocycles. The summed E-state index contributed by atoms with van der Waals surface area (Å²) in [6.07, 6.45) is 2.08. The Hall–Kier alpha value is -2.77. The van der Waals surface area contributed by atoms with E-state index in [-0.39, 0.29) is 36.5 Å². The lowest BCUT2D eigenvalue weighted by atomic mass is 10.2. The van der Waals surface area contributed by atoms with Crippen LogP contribution in [0.25, 0.3) is 0 Å². The number of anilines is 2. The van der Waals surface area contributed by atoms with Crippen molar-refractivity contribution in [3.05, 3.63) is 36.0 Å². The monoisotopic (exact) mass is 346 g/mol. The number of benzene rings is 1. The molecule has 1 aromatic carbocycles. The fourth-order valence-corrected chi connectivity index (χ4v) is 2.44. The number of hydrogen-bond acceptors (Lipinski definition) is 5. The van der Waals surface area contributed by atoms with Crippen LogP contribution in [0.4, 0.5) is 16.1 Å². The predicted octanol–water partition coefficient (Wildman–Crippen LogP) is 2.86. The molecule has 7 nitrogen and oxygen atoms in total. The minimum atomic E-state index is -0.366. The van der Waals surface area contributed by atoms with Crippen molar-refractivity contribution in [2.45, 2.75) is 38.5 Å². The standard InChI is InChI=1S/C17H19FN4O3/c1-2-22(13-7-5-12(18)6-8-13)15(24)10-9-14(23)19-17-21-20-16(25-17)11-3-4-11/h5-8,11H,2-4,9-10H2,1H3,(H,19,21,23). The summed E-state index contributed by atoms with van der Waals surface area (Å²) in [4.78, 5) is 25.8. The van der Waals surface area contributed by atoms with Gasteiger partial charge in [-0.2, -0.15) is 0 Å². The van der Waals surface area contributed by atoms with Crippen molar-refractivity contribution in [3.63, 3.8) is 0 Å². The highest BCUT2D eigenvalue weighted by molar-refractivity contribution is 5.97. The van der Waals surface area contributed by atoms with Crippen LogP contribution in [-0.2, 0) is 9.59 Å². The molecule has 1 heterocycles. The Morgan fingerprint density at radius 2 is 1.96 bits per heavy atom. The average Bonchev–Trinajstić information content (AvgIpc) is 3.35. The highest BCUT2D eigenvalue weighted by Gasteiger charge is 2.29. The molecule has 3 rings (SSSR count). The number of nitrogens with one attached hydrogen (secondary N) is 1. The summed E-state index contributed by atoms with van der Waals surface area (Å²) in [6, 6.07) is 5.73. The van der Waals surface area contributed by atoms with Gasteiger partial charge >= 0.3 is 6.01 Å². The molecule has 0 atom stereocenters. The van der Waals surface area contributed by atoms with Crippen molar-refractivity contribution in [2.24, 2.45) is 0 Å². The van der Waals surface area contributed by atoms with Gasteiger partial charge in [0.25, 0.3) is 0 Å². The van der Waals surface area contributed by atoms with Crippen LogP contribution < -0.4 is 10.2 Å². The molecule has 0 aliphatic heterocycles. The fraction of sp³-hybridized carbons (Fsp3) is 0.412. The maximum absolute atomic E-state index is 13.0. The first kappa shape index (κ1) is 17.1. The number of carbonyl (C=O) groups excluding carboxylic acids is 2. The molecule has 0 bridgehead atoms. The van der Waals surface area contributed by atoms with E-state index in [1.807, 2.05) is 6.92 Å². The lowest BCUT2D eigenvalue weighted by Crippen LogP contribution is -2.31. The molecular formula is C17H19FN4O3. The van der Waals surface area contributed by atoms with E-state index in [0.717, 1.165) is 12.8 Å². The van der Waals surface area contributed by atoms with E-state index >= 15 is 0 Å². The van der Waals surface area contributed by atoms with Crippen LogP contribution in [0.1, 0.15) is 44.4 Å². The second-order valence-electron chi connectivity index (χ2n) is 5.88. The van der Waals surface area contributed by atoms with Crippen LogP contribution in [0.15, 0.2) is 28.7 Å². The third-order valence-electron chi connectivity index (χ3n) is 3.94. The lowest BCUT2D eigenvalue weighted by Gasteiger charge is -2.20. The van der Waals surface area contributed by atoms with Gasteiger partial charge in [0.1, 0.15) is 5.82 Å². The summed E-state index contributed by atoms with van der Waals surface area (Å²) < 4.78 is 18.3. The second kappa shape index (κ2) is 7.42. The maximum atomic E-state index is 13.0. The first-order valence-electron chi connectivity index (χ1n) is 8.26. The van der Waals surface area contributed by atoms with Gasteiger partial charge in [-0.15, -0.1) is 5.10 Å². The Labute approximate surface area is 144 Å². The SMILES string of the molecule is CCN(C(=O)CCC(=O)Nc1nnc(C2CC2)o1)c1ccc(F)cc1. The Kier molecular flexibility index (Phi) is 5.06. The minimum Gasteiger partial charge on any atom is -0.408 e. The van der Waals surface area contributed by atoms with Crippen molar-refractivity contribution >= 4 is 23.5 Å². The normalized spacial score (nSPS) is 13.5. The summed E-state index contributed by atoms with van der Waals surface area (Å²) >= 11 is 0. The first-order chi connectivity index (χ1) is 12.1. The number of rotatable bonds is 7. The van der Waals surface area contributed by atoms with Gasteiger partial charge in [0.05, 0.1) is 0 Å². The average molecular weight is 346 g/mol. The van der Waals surface area contributed by atoms with Gasteiger partial charge in [-0.3, -0.25) is 14.9 Å². The molecule has 1 fully saturated rings. The summed E-state index contributed by atoms with van der Waals surface area (Å²) in [7, 11) is 0. The zero-order chi connectivity index (χ0) is 17.8. The molecule has 1 aliphatic rings. The Balaban J connectivity index is 1.51. The summed E-state index contributed by atoms with van der Waals surface area (Å²) in [5.41, 5.74) is 0.597. The smallest absolute Gasteiger partial charge is 0.322 e. The number of nitrogens with zero attached hydrogens (tertiary/aromatic N) is 3. The molecule has 0 spiro atoms. The molecule has 0 unspecified atom stereocenters. The second-order valence-corrected chi connectivity index (χ2v) is 5.88. The number of aromatic nitrogens is 2. The molecule has 1 N–H and O–H groups in total. The number of amides is 2. The molecule has 1 aliphatic carbocycles. The zero-order valence-corrected chi connectivity index (χ0v) is 13.9. The molecule has 8 heteroatoms. The van der Waals surface area contributed by atoms with Crippen molar-refractivity contribution in [1.82, 2.24) is 10.2 Å². The summed E-state index contributed by atoms with van der Waals surface area (Å²) in [6.45, 7) is 2.25. The van der Waals surface area contributed by atoms with Crippen LogP contribution in [-0.4, -0.2) is 28.6 Å². The highest BCUT2D eigenvalue weighted by atomic mass is 19.1. The summed E-state index contributed by atoms with van der Waals surface area (Å²) in [5.74, 6) is -0.0897. The molecule has 132 valence electrons. The van der Waals surface area contributed by atoms with Gasteiger partial charge in [-0.25, -0.2) is 4.39 Å². The maximum Gasteiger partial charge on any atom is 0.322 e. The molecule has 2 amide bonds. The van der Waals surface area contributed by atoms with Gasteiger partial charge in [0.15, 0.2) is 0 Å². The fourth-order valence-electron chi connectivity index (χ4n) is 2.44. The Morgan fingerprint density at radius 3 is 2.60 bits per heavy atom. The number of hydrogen-bond donors (Lipinski definition) is 1. The van der Waals surface area contributed by atoms with Crippen molar-refractivity contribution in [3.8, 4) is 0 Å². The summed E-state index contributed by atoms with van der Waals surface area (Å²) in [5, 5.41) is 10.2. The van der Waals surface area contributed by atoms with Crippen LogP contribution in [0.5, 0.6) is 0 Å². The first-order valence-corrected chi connectivity index (χ1v) is 8.26. The topological polar surface area (TPSA) is 88.3 Å². The molecule has 0 radical (unpaired) electrons. The zero-order valence-electron chi connectivity index (χ0n) is 13.9. The number of carbonyl (C=O) groups is 2. The Bertz CT molecular complexity index is 756. The molecular weight excluding hydrogens is 327 g/mol. The van der Waals surface area contributed by atoms with E-state index in [0.29, 0.717) is 24.0 Å². The van der Waals surface area contributed by atoms with Crippen LogP contribution >= 0.6 is 0 Å². The van der Waals surface area contributed by atoms with Gasteiger partial charge in [0.2, 0.25) is 17.7 Å². The highest BCUT2D eigenvalue weighted by Crippen LogP contribution is 2.39. The van der Waals surface area contributed by atoms with Crippen LogP contribution in [0.2, 0.25) is 0 Å². The quantitative estimate of drug-likeness (QED) is 0.833. The van der Waals surface area contributed by atoms with E-state index < -0.39 is 0 Å². The lowest BCUT2D eigenvalue weighted by molar-refractivity contribution is -0.122. The predicted molar refractivity (Wildman–Crippen MR) is 88.6 cm³/mol. The van der Waals surface area contributed by atoms with Gasteiger partial charge in [-0.1, -0.05) is 5.10 Å². The van der Waals surface area contributed by atoms with Crippen LogP contribution in [0.3, 0.4) is 0 Å². The minimum absolute atomic E-state index is 0.00231. The third-order valence-corrected chi connectivity index (χ3v) is 3.94. The number of halogens is 1. The van der Waals surface area contributed by atoms with E-state index in [4.69, 9.17) is 4.42 Å². The van der Waals surface area contributed by atoms with E-state index in [2.05, 4.69) is 15.5 Å². The van der Waals surface area contributed by atoms with E-state index in [9.17, 15) is 14.0 Å². The van der Waals surface area contributed by atoms with E-state index in [1.54, 1.807) is 0 Å². The Morgan fingerprint density at radius 1 is 1.24 bits per heavy atom. The molecule has 0 saturated heterocycles. The van der Waals surface area contributed by atoms with Crippen molar-refractivity contribution < 1.29 is 18.4 Å². The third kappa shape index (κ3) is 4.40. The van der Waals surface area contributed by atoms with Gasteiger partial charge in [0, 0.05) is 31.0 Å². The van der Waals surface area contributed by atoms with Crippen molar-refractivity contribution in [1.29, 1.82) is 0 Å². The van der Waals surface area contributed by atoms with Gasteiger partial charge in [-0.05, 0) is 44.0 Å². The van der Waals surface area contributed by atoms with Gasteiger partial charge < -0.3 is 9.32 Å². The molecule has 25 heavy (non-hydrogen) atoms. The van der Waals surface area contributed by atoms with Crippen molar-refractivity contribution in [2.75, 3.05) is 16.8 Å². The molecule has 2 aromatic rings. The van der Waals surface area contributed by atoms with Crippen LogP contribution in [0, 0.1) is 5.82 Å². The van der Waals surface area contributed by atoms with E-state index in [1.165, 1.54) is 29.2 Å². The largest absolute Gasteiger partial charge is 0.408 e. The molecule has 1 aromatic heterocycles.